The van der Waals surface area contributed by atoms with Gasteiger partial charge in [0.15, 0.2) is 4.77 Å². The van der Waals surface area contributed by atoms with Crippen LogP contribution in [0.4, 0.5) is 0 Å². The van der Waals surface area contributed by atoms with E-state index in [9.17, 15) is 0 Å². The van der Waals surface area contributed by atoms with Crippen molar-refractivity contribution in [2.24, 2.45) is 0 Å². The highest BCUT2D eigenvalue weighted by Gasteiger charge is 2.10. The van der Waals surface area contributed by atoms with E-state index in [2.05, 4.69) is 53.9 Å². The first-order valence-electron chi connectivity index (χ1n) is 5.43. The summed E-state index contributed by atoms with van der Waals surface area (Å²) < 4.78 is 2.89. The molecule has 0 bridgehead atoms. The van der Waals surface area contributed by atoms with Crippen LogP contribution in [0.1, 0.15) is 29.8 Å². The maximum absolute atomic E-state index is 5.30. The van der Waals surface area contributed by atoms with Crippen LogP contribution in [0.15, 0.2) is 30.5 Å². The maximum Gasteiger partial charge on any atom is 0.177 e. The number of aromatic amines is 1. The summed E-state index contributed by atoms with van der Waals surface area (Å²) in [6.45, 7) is 6.33. The van der Waals surface area contributed by atoms with Crippen molar-refractivity contribution in [1.82, 2.24) is 9.55 Å². The van der Waals surface area contributed by atoms with Gasteiger partial charge in [0.2, 0.25) is 0 Å². The standard InChI is InChI=1S/C13H16N2S/c1-9-6-4-5-7-12(9)11(3)15-8-10(2)14-13(15)16/h4-8,11H,1-3H3,(H,14,16). The van der Waals surface area contributed by atoms with Crippen LogP contribution in [0.25, 0.3) is 0 Å². The van der Waals surface area contributed by atoms with Crippen molar-refractivity contribution >= 4 is 12.2 Å². The van der Waals surface area contributed by atoms with Crippen LogP contribution >= 0.6 is 12.2 Å². The molecule has 0 spiro atoms. The van der Waals surface area contributed by atoms with Gasteiger partial charge in [-0.05, 0) is 44.1 Å². The van der Waals surface area contributed by atoms with Crippen LogP contribution in [0, 0.1) is 18.6 Å². The number of hydrogen-bond acceptors (Lipinski definition) is 1. The van der Waals surface area contributed by atoms with Gasteiger partial charge in [-0.25, -0.2) is 0 Å². The van der Waals surface area contributed by atoms with Crippen molar-refractivity contribution in [2.45, 2.75) is 26.8 Å². The molecule has 0 fully saturated rings. The molecule has 1 aromatic carbocycles. The molecule has 0 aliphatic heterocycles. The van der Waals surface area contributed by atoms with Crippen molar-refractivity contribution in [3.05, 3.63) is 52.1 Å². The number of imidazole rings is 1. The third-order valence-corrected chi connectivity index (χ3v) is 3.24. The topological polar surface area (TPSA) is 20.7 Å². The maximum atomic E-state index is 5.30. The summed E-state index contributed by atoms with van der Waals surface area (Å²) in [6, 6.07) is 8.70. The lowest BCUT2D eigenvalue weighted by molar-refractivity contribution is 0.626. The molecule has 2 rings (SSSR count). The van der Waals surface area contributed by atoms with Gasteiger partial charge in [-0.15, -0.1) is 0 Å². The van der Waals surface area contributed by atoms with E-state index in [1.165, 1.54) is 11.1 Å². The Hall–Kier alpha value is -1.35. The molecule has 84 valence electrons. The van der Waals surface area contributed by atoms with E-state index in [1.54, 1.807) is 0 Å². The second-order valence-corrected chi connectivity index (χ2v) is 4.57. The first-order valence-corrected chi connectivity index (χ1v) is 5.83. The van der Waals surface area contributed by atoms with Crippen LogP contribution < -0.4 is 0 Å². The highest BCUT2D eigenvalue weighted by molar-refractivity contribution is 7.71. The van der Waals surface area contributed by atoms with Crippen LogP contribution in [-0.2, 0) is 0 Å². The Balaban J connectivity index is 2.47. The summed E-state index contributed by atoms with van der Waals surface area (Å²) in [7, 11) is 0. The molecule has 0 saturated heterocycles. The highest BCUT2D eigenvalue weighted by Crippen LogP contribution is 2.21. The molecule has 0 aliphatic carbocycles. The van der Waals surface area contributed by atoms with E-state index in [0.29, 0.717) is 0 Å². The SMILES string of the molecule is Cc1cn(C(C)c2ccccc2C)c(=S)[nH]1. The smallest absolute Gasteiger partial charge is 0.177 e. The fourth-order valence-corrected chi connectivity index (χ4v) is 2.40. The third kappa shape index (κ3) is 1.95. The summed E-state index contributed by atoms with van der Waals surface area (Å²) in [5.74, 6) is 0. The zero-order valence-electron chi connectivity index (χ0n) is 9.82. The quantitative estimate of drug-likeness (QED) is 0.782. The third-order valence-electron chi connectivity index (χ3n) is 2.93. The van der Waals surface area contributed by atoms with Gasteiger partial charge in [0.1, 0.15) is 0 Å². The number of H-pyrrole nitrogens is 1. The molecule has 1 atom stereocenters. The Labute approximate surface area is 101 Å². The van der Waals surface area contributed by atoms with E-state index in [4.69, 9.17) is 12.2 Å². The first kappa shape index (κ1) is 11.1. The molecule has 3 heteroatoms. The molecule has 0 amide bonds. The number of nitrogens with one attached hydrogen (secondary N) is 1. The monoisotopic (exact) mass is 232 g/mol. The van der Waals surface area contributed by atoms with Crippen molar-refractivity contribution in [1.29, 1.82) is 0 Å². The van der Waals surface area contributed by atoms with Gasteiger partial charge < -0.3 is 9.55 Å². The van der Waals surface area contributed by atoms with Crippen molar-refractivity contribution in [3.63, 3.8) is 0 Å². The fraction of sp³-hybridized carbons (Fsp3) is 0.308. The van der Waals surface area contributed by atoms with Crippen LogP contribution in [0.5, 0.6) is 0 Å². The minimum atomic E-state index is 0.277. The van der Waals surface area contributed by atoms with Gasteiger partial charge in [-0.3, -0.25) is 0 Å². The molecular weight excluding hydrogens is 216 g/mol. The normalized spacial score (nSPS) is 12.7. The van der Waals surface area contributed by atoms with Gasteiger partial charge in [0.25, 0.3) is 0 Å². The Morgan fingerprint density at radius 3 is 2.50 bits per heavy atom. The van der Waals surface area contributed by atoms with Crippen molar-refractivity contribution in [2.75, 3.05) is 0 Å². The fourth-order valence-electron chi connectivity index (χ4n) is 2.03. The number of hydrogen-bond donors (Lipinski definition) is 1. The largest absolute Gasteiger partial charge is 0.335 e. The highest BCUT2D eigenvalue weighted by atomic mass is 32.1. The number of aromatic nitrogens is 2. The zero-order valence-corrected chi connectivity index (χ0v) is 10.6. The Kier molecular flexibility index (Phi) is 2.97. The van der Waals surface area contributed by atoms with Gasteiger partial charge >= 0.3 is 0 Å². The van der Waals surface area contributed by atoms with E-state index in [0.717, 1.165) is 10.5 Å². The van der Waals surface area contributed by atoms with Crippen LogP contribution in [-0.4, -0.2) is 9.55 Å². The molecule has 2 nitrogen and oxygen atoms in total. The summed E-state index contributed by atoms with van der Waals surface area (Å²) in [5.41, 5.74) is 3.72. The number of rotatable bonds is 2. The zero-order chi connectivity index (χ0) is 11.7. The van der Waals surface area contributed by atoms with Crippen molar-refractivity contribution in [3.8, 4) is 0 Å². The van der Waals surface area contributed by atoms with Crippen molar-refractivity contribution < 1.29 is 0 Å². The lowest BCUT2D eigenvalue weighted by Crippen LogP contribution is -2.07. The van der Waals surface area contributed by atoms with E-state index in [1.807, 2.05) is 6.92 Å². The Morgan fingerprint density at radius 1 is 1.25 bits per heavy atom. The minimum absolute atomic E-state index is 0.277. The summed E-state index contributed by atoms with van der Waals surface area (Å²) in [4.78, 5) is 3.16. The lowest BCUT2D eigenvalue weighted by Gasteiger charge is -2.15. The number of benzene rings is 1. The van der Waals surface area contributed by atoms with E-state index in [-0.39, 0.29) is 6.04 Å². The lowest BCUT2D eigenvalue weighted by atomic mass is 10.0. The summed E-state index contributed by atoms with van der Waals surface area (Å²) in [6.07, 6.45) is 2.07. The van der Waals surface area contributed by atoms with Gasteiger partial charge in [-0.2, -0.15) is 0 Å². The van der Waals surface area contributed by atoms with Gasteiger partial charge in [0.05, 0.1) is 6.04 Å². The second-order valence-electron chi connectivity index (χ2n) is 4.18. The molecule has 0 aliphatic rings. The van der Waals surface area contributed by atoms with Crippen LogP contribution in [0.3, 0.4) is 0 Å². The van der Waals surface area contributed by atoms with Gasteiger partial charge in [0, 0.05) is 11.9 Å². The second kappa shape index (κ2) is 4.26. The molecule has 1 heterocycles. The van der Waals surface area contributed by atoms with Crippen LogP contribution in [0.2, 0.25) is 0 Å². The first-order chi connectivity index (χ1) is 7.59. The minimum Gasteiger partial charge on any atom is -0.335 e. The molecule has 1 unspecified atom stereocenters. The molecule has 1 N–H and O–H groups in total. The molecule has 0 radical (unpaired) electrons. The van der Waals surface area contributed by atoms with E-state index >= 15 is 0 Å². The Morgan fingerprint density at radius 2 is 1.94 bits per heavy atom. The average Bonchev–Trinajstić information content (AvgIpc) is 2.58. The average molecular weight is 232 g/mol. The number of aryl methyl sites for hydroxylation is 2. The number of nitrogens with zero attached hydrogens (tertiary/aromatic N) is 1. The predicted octanol–water partition coefficient (Wildman–Crippen LogP) is 3.77. The molecule has 16 heavy (non-hydrogen) atoms. The summed E-state index contributed by atoms with van der Waals surface area (Å²) >= 11 is 5.30. The Bertz CT molecular complexity index is 551. The molecule has 1 aromatic heterocycles. The molecular formula is C13H16N2S. The van der Waals surface area contributed by atoms with E-state index < -0.39 is 0 Å². The molecule has 0 saturated carbocycles. The molecule has 2 aromatic rings. The predicted molar refractivity (Wildman–Crippen MR) is 69.3 cm³/mol. The summed E-state index contributed by atoms with van der Waals surface area (Å²) in [5, 5.41) is 0. The van der Waals surface area contributed by atoms with Gasteiger partial charge in [-0.1, -0.05) is 24.3 Å².